The van der Waals surface area contributed by atoms with Crippen molar-refractivity contribution in [3.63, 3.8) is 0 Å². The fourth-order valence-corrected chi connectivity index (χ4v) is 4.04. The van der Waals surface area contributed by atoms with E-state index in [2.05, 4.69) is 39.0 Å². The largest absolute Gasteiger partial charge is 0.493 e. The Morgan fingerprint density at radius 1 is 1.19 bits per heavy atom. The Balaban J connectivity index is 1.87. The Morgan fingerprint density at radius 3 is 2.76 bits per heavy atom. The van der Waals surface area contributed by atoms with Crippen LogP contribution in [-0.2, 0) is 12.0 Å². The van der Waals surface area contributed by atoms with Gasteiger partial charge >= 0.3 is 0 Å². The van der Waals surface area contributed by atoms with Crippen molar-refractivity contribution in [1.82, 2.24) is 0 Å². The molecule has 0 radical (unpaired) electrons. The van der Waals surface area contributed by atoms with Gasteiger partial charge in [0.05, 0.1) is 12.2 Å². The maximum atomic E-state index is 11.3. The van der Waals surface area contributed by atoms with Crippen LogP contribution in [0.4, 0.5) is 0 Å². The molecule has 1 fully saturated rings. The van der Waals surface area contributed by atoms with Gasteiger partial charge in [-0.15, -0.1) is 0 Å². The van der Waals surface area contributed by atoms with Gasteiger partial charge in [0.15, 0.2) is 0 Å². The van der Waals surface area contributed by atoms with E-state index in [1.165, 1.54) is 12.0 Å². The molecule has 2 nitrogen and oxygen atoms in total. The number of fused-ring (bicyclic) bond motifs is 1. The van der Waals surface area contributed by atoms with Crippen molar-refractivity contribution >= 4 is 0 Å². The summed E-state index contributed by atoms with van der Waals surface area (Å²) in [5.41, 5.74) is 1.93. The van der Waals surface area contributed by atoms with Crippen molar-refractivity contribution in [2.75, 3.05) is 6.61 Å². The highest BCUT2D eigenvalue weighted by Gasteiger charge is 2.38. The quantitative estimate of drug-likeness (QED) is 0.774. The molecular formula is C19H28O2. The number of benzene rings is 1. The molecule has 116 valence electrons. The summed E-state index contributed by atoms with van der Waals surface area (Å²) in [6, 6.07) is 6.28. The predicted octanol–water partition coefficient (Wildman–Crippen LogP) is 4.44. The summed E-state index contributed by atoms with van der Waals surface area (Å²) < 4.78 is 5.82. The third kappa shape index (κ3) is 2.83. The van der Waals surface area contributed by atoms with Crippen LogP contribution in [0.25, 0.3) is 0 Å². The Kier molecular flexibility index (Phi) is 3.77. The highest BCUT2D eigenvalue weighted by atomic mass is 16.5. The molecule has 2 atom stereocenters. The zero-order valence-electron chi connectivity index (χ0n) is 13.6. The molecule has 0 spiro atoms. The van der Waals surface area contributed by atoms with Gasteiger partial charge in [-0.25, -0.2) is 0 Å². The van der Waals surface area contributed by atoms with E-state index >= 15 is 0 Å². The van der Waals surface area contributed by atoms with E-state index < -0.39 is 5.60 Å². The highest BCUT2D eigenvalue weighted by Crippen LogP contribution is 2.46. The Hall–Kier alpha value is -1.02. The van der Waals surface area contributed by atoms with Crippen molar-refractivity contribution in [2.45, 2.75) is 64.9 Å². The van der Waals surface area contributed by atoms with Crippen molar-refractivity contribution in [3.05, 3.63) is 29.3 Å². The van der Waals surface area contributed by atoms with E-state index in [-0.39, 0.29) is 0 Å². The van der Waals surface area contributed by atoms with Gasteiger partial charge in [-0.3, -0.25) is 0 Å². The van der Waals surface area contributed by atoms with Crippen LogP contribution in [0.5, 0.6) is 5.75 Å². The first-order valence-corrected chi connectivity index (χ1v) is 8.38. The van der Waals surface area contributed by atoms with Crippen LogP contribution in [-0.4, -0.2) is 11.7 Å². The normalized spacial score (nSPS) is 29.6. The van der Waals surface area contributed by atoms with Crippen LogP contribution in [0.15, 0.2) is 18.2 Å². The minimum atomic E-state index is -0.699. The van der Waals surface area contributed by atoms with Gasteiger partial charge in [0.25, 0.3) is 0 Å². The molecule has 21 heavy (non-hydrogen) atoms. The molecule has 2 unspecified atom stereocenters. The van der Waals surface area contributed by atoms with E-state index in [0.29, 0.717) is 11.3 Å². The molecule has 0 aromatic heterocycles. The Morgan fingerprint density at radius 2 is 2.00 bits per heavy atom. The predicted molar refractivity (Wildman–Crippen MR) is 85.6 cm³/mol. The molecule has 1 saturated carbocycles. The fourth-order valence-electron chi connectivity index (χ4n) is 4.04. The summed E-state index contributed by atoms with van der Waals surface area (Å²) in [5.74, 6) is 1.67. The molecule has 0 bridgehead atoms. The number of aliphatic hydroxyl groups is 1. The minimum absolute atomic E-state index is 0.334. The van der Waals surface area contributed by atoms with Gasteiger partial charge in [-0.05, 0) is 49.0 Å². The molecule has 1 aliphatic carbocycles. The molecule has 1 aromatic carbocycles. The number of hydrogen-bond donors (Lipinski definition) is 1. The maximum absolute atomic E-state index is 11.3. The molecule has 3 rings (SSSR count). The minimum Gasteiger partial charge on any atom is -0.493 e. The van der Waals surface area contributed by atoms with Crippen LogP contribution in [0.1, 0.15) is 64.0 Å². The van der Waals surface area contributed by atoms with Crippen LogP contribution in [0.3, 0.4) is 0 Å². The first-order valence-electron chi connectivity index (χ1n) is 8.38. The maximum Gasteiger partial charge on any atom is 0.128 e. The standard InChI is InChI=1S/C19H28O2/c1-18(2,3)15-7-5-11-19(20,12-9-15)16-8-4-6-14-10-13-21-17(14)16/h4,6,8,15,20H,5,7,9-13H2,1-3H3. The summed E-state index contributed by atoms with van der Waals surface area (Å²) in [6.45, 7) is 7.73. The fraction of sp³-hybridized carbons (Fsp3) is 0.684. The molecule has 0 amide bonds. The lowest BCUT2D eigenvalue weighted by Gasteiger charge is -2.31. The first kappa shape index (κ1) is 14.9. The Labute approximate surface area is 128 Å². The van der Waals surface area contributed by atoms with Gasteiger partial charge in [0, 0.05) is 12.0 Å². The lowest BCUT2D eigenvalue weighted by Crippen LogP contribution is -2.26. The summed E-state index contributed by atoms with van der Waals surface area (Å²) >= 11 is 0. The van der Waals surface area contributed by atoms with Gasteiger partial charge in [0.1, 0.15) is 5.75 Å². The molecule has 1 aliphatic heterocycles. The number of hydrogen-bond acceptors (Lipinski definition) is 2. The zero-order valence-corrected chi connectivity index (χ0v) is 13.6. The second kappa shape index (κ2) is 5.31. The third-order valence-electron chi connectivity index (χ3n) is 5.49. The molecule has 1 aromatic rings. The molecule has 0 saturated heterocycles. The highest BCUT2D eigenvalue weighted by molar-refractivity contribution is 5.47. The number of rotatable bonds is 1. The second-order valence-electron chi connectivity index (χ2n) is 7.92. The smallest absolute Gasteiger partial charge is 0.128 e. The summed E-state index contributed by atoms with van der Waals surface area (Å²) in [6.07, 6.45) is 6.12. The van der Waals surface area contributed by atoms with Crippen LogP contribution < -0.4 is 4.74 Å². The lowest BCUT2D eigenvalue weighted by atomic mass is 9.76. The average molecular weight is 288 g/mol. The monoisotopic (exact) mass is 288 g/mol. The molecule has 2 heteroatoms. The lowest BCUT2D eigenvalue weighted by molar-refractivity contribution is 0.0158. The summed E-state index contributed by atoms with van der Waals surface area (Å²) in [7, 11) is 0. The van der Waals surface area contributed by atoms with Crippen molar-refractivity contribution in [2.24, 2.45) is 11.3 Å². The van der Waals surface area contributed by atoms with Crippen molar-refractivity contribution in [3.8, 4) is 5.75 Å². The zero-order chi connectivity index (χ0) is 15.1. The van der Waals surface area contributed by atoms with E-state index in [1.807, 2.05) is 0 Å². The van der Waals surface area contributed by atoms with E-state index in [9.17, 15) is 5.11 Å². The number of ether oxygens (including phenoxy) is 1. The molecule has 1 N–H and O–H groups in total. The van der Waals surface area contributed by atoms with Crippen LogP contribution in [0.2, 0.25) is 0 Å². The SMILES string of the molecule is CC(C)(C)C1CCCC(O)(c2cccc3c2OCC3)CC1. The Bertz CT molecular complexity index is 515. The third-order valence-corrected chi connectivity index (χ3v) is 5.49. The van der Waals surface area contributed by atoms with E-state index in [1.54, 1.807) is 0 Å². The molecule has 1 heterocycles. The topological polar surface area (TPSA) is 29.5 Å². The van der Waals surface area contributed by atoms with Crippen molar-refractivity contribution < 1.29 is 9.84 Å². The average Bonchev–Trinajstić information content (AvgIpc) is 2.80. The molecule has 2 aliphatic rings. The van der Waals surface area contributed by atoms with E-state index in [4.69, 9.17) is 4.74 Å². The second-order valence-corrected chi connectivity index (χ2v) is 7.92. The summed E-state index contributed by atoms with van der Waals surface area (Å²) in [5, 5.41) is 11.3. The van der Waals surface area contributed by atoms with Gasteiger partial charge in [-0.1, -0.05) is 39.0 Å². The van der Waals surface area contributed by atoms with Crippen molar-refractivity contribution in [1.29, 1.82) is 0 Å². The number of para-hydroxylation sites is 1. The summed E-state index contributed by atoms with van der Waals surface area (Å²) in [4.78, 5) is 0. The van der Waals surface area contributed by atoms with Crippen LogP contribution in [0, 0.1) is 11.3 Å². The van der Waals surface area contributed by atoms with Gasteiger partial charge < -0.3 is 9.84 Å². The van der Waals surface area contributed by atoms with Crippen LogP contribution >= 0.6 is 0 Å². The van der Waals surface area contributed by atoms with E-state index in [0.717, 1.165) is 50.0 Å². The van der Waals surface area contributed by atoms with Gasteiger partial charge in [-0.2, -0.15) is 0 Å². The molecular weight excluding hydrogens is 260 g/mol. The first-order chi connectivity index (χ1) is 9.90. The van der Waals surface area contributed by atoms with Gasteiger partial charge in [0.2, 0.25) is 0 Å².